The van der Waals surface area contributed by atoms with Gasteiger partial charge in [-0.1, -0.05) is 12.1 Å². The summed E-state index contributed by atoms with van der Waals surface area (Å²) in [6.45, 7) is -4.31. The van der Waals surface area contributed by atoms with E-state index in [-0.39, 0.29) is 42.6 Å². The van der Waals surface area contributed by atoms with Crippen molar-refractivity contribution in [2.45, 2.75) is 37.1 Å². The van der Waals surface area contributed by atoms with E-state index in [1.54, 1.807) is 18.2 Å². The zero-order chi connectivity index (χ0) is 27.1. The molecule has 2 aliphatic heterocycles. The zero-order valence-electron chi connectivity index (χ0n) is 20.1. The second-order valence-corrected chi connectivity index (χ2v) is 9.53. The third-order valence-electron chi connectivity index (χ3n) is 6.69. The minimum atomic E-state index is -4.73. The fourth-order valence-corrected chi connectivity index (χ4v) is 4.42. The maximum absolute atomic E-state index is 13.1. The van der Waals surface area contributed by atoms with Gasteiger partial charge in [0.15, 0.2) is 22.9 Å². The Kier molecular flexibility index (Phi) is 6.95. The first-order valence-corrected chi connectivity index (χ1v) is 12.1. The number of amides is 1. The number of alkyl halides is 5. The summed E-state index contributed by atoms with van der Waals surface area (Å²) in [5, 5.41) is 9.51. The van der Waals surface area contributed by atoms with Gasteiger partial charge in [0.25, 0.3) is 5.91 Å². The highest BCUT2D eigenvalue weighted by molar-refractivity contribution is 6.07. The van der Waals surface area contributed by atoms with Crippen LogP contribution in [0.2, 0.25) is 0 Å². The van der Waals surface area contributed by atoms with Crippen LogP contribution < -0.4 is 19.1 Å². The Hall–Kier alpha value is -3.38. The lowest BCUT2D eigenvalue weighted by atomic mass is 9.94. The molecule has 2 aromatic rings. The van der Waals surface area contributed by atoms with Crippen LogP contribution in [0, 0.1) is 0 Å². The average Bonchev–Trinajstić information content (AvgIpc) is 3.62. The molecule has 2 heterocycles. The van der Waals surface area contributed by atoms with Crippen LogP contribution in [0.3, 0.4) is 0 Å². The van der Waals surface area contributed by atoms with Crippen LogP contribution in [0.4, 0.5) is 27.6 Å². The largest absolute Gasteiger partial charge is 0.488 e. The molecule has 0 bridgehead atoms. The van der Waals surface area contributed by atoms with Crippen molar-refractivity contribution in [1.29, 1.82) is 0 Å². The highest BCUT2D eigenvalue weighted by atomic mass is 19.4. The van der Waals surface area contributed by atoms with Crippen molar-refractivity contribution < 1.29 is 46.1 Å². The lowest BCUT2D eigenvalue weighted by Gasteiger charge is -2.46. The van der Waals surface area contributed by atoms with Gasteiger partial charge in [-0.3, -0.25) is 9.69 Å². The quantitative estimate of drug-likeness (QED) is 0.449. The van der Waals surface area contributed by atoms with Gasteiger partial charge in [-0.2, -0.15) is 22.0 Å². The number of hydrogen-bond acceptors (Lipinski definition) is 6. The highest BCUT2D eigenvalue weighted by Crippen LogP contribution is 2.41. The Labute approximate surface area is 215 Å². The summed E-state index contributed by atoms with van der Waals surface area (Å²) >= 11 is 0. The summed E-state index contributed by atoms with van der Waals surface area (Å²) in [5.74, 6) is 0.362. The molecule has 0 atom stereocenters. The van der Waals surface area contributed by atoms with Crippen molar-refractivity contribution in [1.82, 2.24) is 4.90 Å². The van der Waals surface area contributed by atoms with Crippen LogP contribution in [-0.2, 0) is 4.79 Å². The Balaban J connectivity index is 1.19. The summed E-state index contributed by atoms with van der Waals surface area (Å²) in [4.78, 5) is 15.6. The van der Waals surface area contributed by atoms with Crippen LogP contribution in [0.15, 0.2) is 54.3 Å². The number of aliphatic hydroxyl groups is 1. The Morgan fingerprint density at radius 3 is 2.39 bits per heavy atom. The number of carbonyl (C=O) groups excluding carboxylic acids is 1. The van der Waals surface area contributed by atoms with E-state index in [1.807, 2.05) is 12.1 Å². The molecule has 7 nitrogen and oxygen atoms in total. The van der Waals surface area contributed by atoms with E-state index in [2.05, 4.69) is 4.74 Å². The first kappa shape index (κ1) is 26.2. The molecule has 2 aromatic carbocycles. The Bertz CT molecular complexity index is 1210. The van der Waals surface area contributed by atoms with Crippen molar-refractivity contribution >= 4 is 11.6 Å². The van der Waals surface area contributed by atoms with Crippen LogP contribution in [0.1, 0.15) is 24.3 Å². The van der Waals surface area contributed by atoms with Crippen LogP contribution in [-0.4, -0.2) is 67.1 Å². The molecular weight excluding hydrogens is 515 g/mol. The van der Waals surface area contributed by atoms with Crippen molar-refractivity contribution in [3.63, 3.8) is 0 Å². The molecule has 204 valence electrons. The van der Waals surface area contributed by atoms with Gasteiger partial charge < -0.3 is 24.2 Å². The molecule has 3 aliphatic rings. The van der Waals surface area contributed by atoms with E-state index in [0.717, 1.165) is 0 Å². The molecule has 1 aliphatic carbocycles. The molecule has 38 heavy (non-hydrogen) atoms. The number of likely N-dealkylation sites (tertiary alicyclic amines) is 1. The van der Waals surface area contributed by atoms with Crippen molar-refractivity contribution in [2.75, 3.05) is 37.7 Å². The topological polar surface area (TPSA) is 71.5 Å². The summed E-state index contributed by atoms with van der Waals surface area (Å²) in [6.07, 6.45) is -0.800. The normalized spacial score (nSPS) is 19.4. The monoisotopic (exact) mass is 540 g/mol. The van der Waals surface area contributed by atoms with E-state index < -0.39 is 37.4 Å². The molecule has 1 amide bonds. The van der Waals surface area contributed by atoms with E-state index in [0.29, 0.717) is 11.7 Å². The van der Waals surface area contributed by atoms with Gasteiger partial charge in [-0.15, -0.1) is 0 Å². The molecule has 1 saturated carbocycles. The smallest absolute Gasteiger partial charge is 0.419 e. The number of rotatable bonds is 10. The Morgan fingerprint density at radius 1 is 1.05 bits per heavy atom. The summed E-state index contributed by atoms with van der Waals surface area (Å²) in [5.41, 5.74) is -1.25. The molecule has 1 N–H and O–H groups in total. The molecule has 0 spiro atoms. The number of anilines is 1. The first-order chi connectivity index (χ1) is 18.0. The van der Waals surface area contributed by atoms with Gasteiger partial charge in [0.1, 0.15) is 12.4 Å². The van der Waals surface area contributed by atoms with Gasteiger partial charge in [-0.05, 0) is 54.7 Å². The highest BCUT2D eigenvalue weighted by Gasteiger charge is 2.60. The standard InChI is InChI=1S/C26H25F5N2O5/c27-24(28)38-22-13-18(5-8-20(22)36-12-11-32-14-25(35,15-32)26(29,30)31)33-10-9-21(23(33)34)37-19-6-3-17(4-7-19)16-1-2-16/h3-9,13,16,24,35H,1-2,10-12,14-15H2. The minimum absolute atomic E-state index is 0.0329. The number of halogens is 5. The minimum Gasteiger partial charge on any atom is -0.488 e. The predicted molar refractivity (Wildman–Crippen MR) is 125 cm³/mol. The number of benzene rings is 2. The average molecular weight is 540 g/mol. The third-order valence-corrected chi connectivity index (χ3v) is 6.69. The molecule has 5 rings (SSSR count). The van der Waals surface area contributed by atoms with Gasteiger partial charge >= 0.3 is 12.8 Å². The van der Waals surface area contributed by atoms with Crippen LogP contribution in [0.5, 0.6) is 17.2 Å². The molecule has 12 heteroatoms. The summed E-state index contributed by atoms with van der Waals surface area (Å²) in [7, 11) is 0. The molecule has 1 saturated heterocycles. The number of carbonyl (C=O) groups is 1. The summed E-state index contributed by atoms with van der Waals surface area (Å²) < 4.78 is 80.1. The second-order valence-electron chi connectivity index (χ2n) is 9.53. The number of hydrogen-bond donors (Lipinski definition) is 1. The molecule has 0 radical (unpaired) electrons. The van der Waals surface area contributed by atoms with Gasteiger partial charge in [-0.25, -0.2) is 0 Å². The van der Waals surface area contributed by atoms with E-state index in [4.69, 9.17) is 9.47 Å². The number of ether oxygens (including phenoxy) is 3. The first-order valence-electron chi connectivity index (χ1n) is 12.1. The number of β-amino-alcohol motifs (C(OH)–C–C–N with tert-alkyl or cyclic N) is 1. The fourth-order valence-electron chi connectivity index (χ4n) is 4.42. The lowest BCUT2D eigenvalue weighted by Crippen LogP contribution is -2.69. The Morgan fingerprint density at radius 2 is 1.76 bits per heavy atom. The van der Waals surface area contributed by atoms with E-state index >= 15 is 0 Å². The van der Waals surface area contributed by atoms with Gasteiger partial charge in [0, 0.05) is 37.9 Å². The predicted octanol–water partition coefficient (Wildman–Crippen LogP) is 4.46. The molecule has 0 unspecified atom stereocenters. The lowest BCUT2D eigenvalue weighted by molar-refractivity contribution is -0.301. The third kappa shape index (κ3) is 5.56. The van der Waals surface area contributed by atoms with Crippen molar-refractivity contribution in [2.24, 2.45) is 0 Å². The van der Waals surface area contributed by atoms with E-state index in [1.165, 1.54) is 46.4 Å². The maximum Gasteiger partial charge on any atom is 0.419 e. The van der Waals surface area contributed by atoms with Crippen molar-refractivity contribution in [3.05, 3.63) is 59.9 Å². The molecule has 2 fully saturated rings. The van der Waals surface area contributed by atoms with Gasteiger partial charge in [0.05, 0.1) is 0 Å². The maximum atomic E-state index is 13.1. The van der Waals surface area contributed by atoms with Crippen LogP contribution >= 0.6 is 0 Å². The SMILES string of the molecule is O=C1C(Oc2ccc(C3CC3)cc2)=CCN1c1ccc(OCCN2CC(O)(C(F)(F)F)C2)c(OC(F)F)c1. The summed E-state index contributed by atoms with van der Waals surface area (Å²) in [6, 6.07) is 11.6. The second kappa shape index (κ2) is 10.1. The number of nitrogens with zero attached hydrogens (tertiary/aromatic N) is 2. The van der Waals surface area contributed by atoms with E-state index in [9.17, 15) is 31.9 Å². The van der Waals surface area contributed by atoms with Crippen LogP contribution in [0.25, 0.3) is 0 Å². The van der Waals surface area contributed by atoms with Gasteiger partial charge in [0.2, 0.25) is 0 Å². The van der Waals surface area contributed by atoms with Crippen molar-refractivity contribution in [3.8, 4) is 17.2 Å². The zero-order valence-corrected chi connectivity index (χ0v) is 20.1. The fraction of sp³-hybridized carbons (Fsp3) is 0.423. The molecule has 0 aromatic heterocycles. The molecular formula is C26H25F5N2O5.